The first-order chi connectivity index (χ1) is 33.7. The molecule has 12 aromatic rings. The van der Waals surface area contributed by atoms with Crippen LogP contribution in [0.15, 0.2) is 231 Å². The normalized spacial score (nSPS) is 12.1. The second kappa shape index (κ2) is 16.6. The van der Waals surface area contributed by atoms with Gasteiger partial charge in [0.2, 0.25) is 0 Å². The summed E-state index contributed by atoms with van der Waals surface area (Å²) in [4.78, 5) is 7.49. The molecule has 0 unspecified atom stereocenters. The van der Waals surface area contributed by atoms with Gasteiger partial charge < -0.3 is 0 Å². The number of anilines is 2. The van der Waals surface area contributed by atoms with Crippen molar-refractivity contribution in [3.63, 3.8) is 0 Å². The molecule has 8 heteroatoms. The summed E-state index contributed by atoms with van der Waals surface area (Å²) in [5.41, 5.74) is 15.4. The number of para-hydroxylation sites is 4. The van der Waals surface area contributed by atoms with Crippen molar-refractivity contribution < 1.29 is 24.1 Å². The number of fused-ring (bicyclic) bond motifs is 4. The summed E-state index contributed by atoms with van der Waals surface area (Å²) in [6, 6.07) is 88.1. The molecule has 0 atom stereocenters. The molecule has 3 aromatic heterocycles. The Labute approximate surface area is 404 Å². The second-order valence-corrected chi connectivity index (χ2v) is 17.9. The van der Waals surface area contributed by atoms with Gasteiger partial charge in [-0.3, -0.25) is 0 Å². The van der Waals surface area contributed by atoms with Crippen LogP contribution in [0.1, 0.15) is 0 Å². The number of hydrogen-bond acceptors (Lipinski definition) is 3. The van der Waals surface area contributed by atoms with Gasteiger partial charge in [0.15, 0.2) is 0 Å². The molecule has 0 spiro atoms. The Morgan fingerprint density at radius 2 is 1.07 bits per heavy atom. The van der Waals surface area contributed by atoms with Gasteiger partial charge in [0.25, 0.3) is 0 Å². The van der Waals surface area contributed by atoms with Crippen molar-refractivity contribution in [1.82, 2.24) is 18.6 Å². The first-order valence-electron chi connectivity index (χ1n) is 22.7. The number of nitrogens with zero attached hydrogens (tertiary/aromatic N) is 5. The molecular formula is C60H38BN5OPt-2. The van der Waals surface area contributed by atoms with Gasteiger partial charge in [-0.05, 0) is 11.5 Å². The Bertz CT molecular complexity index is 3920. The summed E-state index contributed by atoms with van der Waals surface area (Å²) in [7, 11) is 0. The van der Waals surface area contributed by atoms with Crippen LogP contribution in [-0.2, 0) is 19.4 Å². The van der Waals surface area contributed by atoms with E-state index < -0.39 is 0 Å². The van der Waals surface area contributed by atoms with Crippen LogP contribution in [0.3, 0.4) is 0 Å². The maximum atomic E-state index is 6.69. The number of ether oxygens (including phenoxy) is 1. The summed E-state index contributed by atoms with van der Waals surface area (Å²) in [5, 5.41) is 2.42. The third-order valence-corrected chi connectivity index (χ3v) is 14.0. The van der Waals surface area contributed by atoms with Crippen molar-refractivity contribution in [2.75, 3.05) is 4.81 Å². The Morgan fingerprint density at radius 3 is 1.82 bits per heavy atom. The Kier molecular flexibility index (Phi) is 9.76. The number of hydrogen-bond donors (Lipinski definition) is 0. The maximum absolute atomic E-state index is 6.69. The van der Waals surface area contributed by atoms with Crippen LogP contribution in [0, 0.1) is 15.9 Å². The third-order valence-electron chi connectivity index (χ3n) is 13.0. The van der Waals surface area contributed by atoms with Gasteiger partial charge in [-0.1, -0.05) is 48.5 Å². The number of imidazole rings is 1. The van der Waals surface area contributed by atoms with Crippen LogP contribution in [0.4, 0.5) is 11.5 Å². The summed E-state index contributed by atoms with van der Waals surface area (Å²) in [6.07, 6.45) is 0. The van der Waals surface area contributed by atoms with Crippen molar-refractivity contribution >= 4 is 56.8 Å². The van der Waals surface area contributed by atoms with E-state index in [1.165, 1.54) is 27.4 Å². The summed E-state index contributed by atoms with van der Waals surface area (Å²) < 4.78 is 14.8. The minimum atomic E-state index is -0.179. The molecule has 0 bridgehead atoms. The zero-order chi connectivity index (χ0) is 45.1. The molecule has 13 rings (SSSR count). The van der Waals surface area contributed by atoms with Crippen molar-refractivity contribution in [2.24, 2.45) is 0 Å². The molecule has 68 heavy (non-hydrogen) atoms. The third kappa shape index (κ3) is 6.61. The van der Waals surface area contributed by atoms with E-state index in [2.05, 4.69) is 250 Å². The van der Waals surface area contributed by atoms with Gasteiger partial charge in [-0.2, -0.15) is 12.1 Å². The fourth-order valence-electron chi connectivity index (χ4n) is 10.0. The molecule has 4 heterocycles. The van der Waals surface area contributed by atoms with E-state index in [-0.39, 0.29) is 6.98 Å². The number of rotatable bonds is 9. The molecule has 1 aliphatic rings. The molecule has 0 radical (unpaired) electrons. The standard InChI is InChI=1S/C60H38BN5O.Pt/c1-4-18-42(19-5-1)43-36-38-45(39-37-43)50-28-15-27-49(44-20-6-2-7-21-44)59(50)64-41-63(54-31-12-13-32-55(54)64)47-24-14-25-48(40-47)67-58-35-17-34-57(62-58)65-56-33-16-29-52-51-26-10-11-30-53(51)66(60(52)56)61(65)46-22-8-3-9-23-46;/h1-32,34-39H;/q-2;. The summed E-state index contributed by atoms with van der Waals surface area (Å²) in [6.45, 7) is -0.179. The molecular weight excluding hydrogens is 1010 g/mol. The number of pyridine rings is 1. The predicted molar refractivity (Wildman–Crippen MR) is 273 cm³/mol. The fourth-order valence-corrected chi connectivity index (χ4v) is 11.1. The Morgan fingerprint density at radius 1 is 0.485 bits per heavy atom. The molecule has 0 aliphatic carbocycles. The van der Waals surface area contributed by atoms with E-state index in [4.69, 9.17) is 9.72 Å². The van der Waals surface area contributed by atoms with Crippen LogP contribution in [-0.4, -0.2) is 25.6 Å². The van der Waals surface area contributed by atoms with Gasteiger partial charge in [-0.15, -0.1) is 5.39 Å². The average molecular weight is 1050 g/mol. The van der Waals surface area contributed by atoms with Crippen molar-refractivity contribution in [1.29, 1.82) is 0 Å². The zero-order valence-corrected chi connectivity index (χ0v) is 38.7. The van der Waals surface area contributed by atoms with Crippen LogP contribution < -0.4 is 15.0 Å². The SMILES string of the molecule is [Pt]=[c]1n(-c2[c-]c(Oc3cccc(N4B(c5ccccc5)n5c6ccccc6c6cc[c-]c4c65)n3)ccc2)c2ccccc2n1-c1c(-c2ccccc2)cccc1-c1ccc(-c2ccccc2)cc1. The average Bonchev–Trinajstić information content (AvgIpc) is 4.04. The minimum absolute atomic E-state index is 0.179. The van der Waals surface area contributed by atoms with Crippen molar-refractivity contribution in [3.05, 3.63) is 246 Å². The monoisotopic (exact) mass is 1050 g/mol. The Hall–Kier alpha value is -8.25. The van der Waals surface area contributed by atoms with Crippen LogP contribution in [0.5, 0.6) is 11.6 Å². The first-order valence-corrected chi connectivity index (χ1v) is 23.8. The quantitative estimate of drug-likeness (QED) is 0.107. The molecule has 324 valence electrons. The van der Waals surface area contributed by atoms with Gasteiger partial charge >= 0.3 is 324 Å². The van der Waals surface area contributed by atoms with Crippen LogP contribution in [0.2, 0.25) is 0 Å². The van der Waals surface area contributed by atoms with Gasteiger partial charge in [0, 0.05) is 5.52 Å². The summed E-state index contributed by atoms with van der Waals surface area (Å²) in [5.74, 6) is 1.79. The molecule has 1 aliphatic heterocycles. The van der Waals surface area contributed by atoms with E-state index in [0.29, 0.717) is 11.6 Å². The van der Waals surface area contributed by atoms with Crippen molar-refractivity contribution in [3.8, 4) is 56.4 Å². The fraction of sp³-hybridized carbons (Fsp3) is 0. The van der Waals surface area contributed by atoms with Gasteiger partial charge in [0.1, 0.15) is 0 Å². The van der Waals surface area contributed by atoms with Crippen molar-refractivity contribution in [2.45, 2.75) is 0 Å². The number of aromatic nitrogens is 4. The molecule has 0 saturated carbocycles. The zero-order valence-electron chi connectivity index (χ0n) is 36.5. The molecule has 0 fully saturated rings. The number of benzene rings is 9. The summed E-state index contributed by atoms with van der Waals surface area (Å²) >= 11 is 2.48. The molecule has 0 saturated heterocycles. The molecule has 0 amide bonds. The predicted octanol–water partition coefficient (Wildman–Crippen LogP) is 13.8. The van der Waals surface area contributed by atoms with Crippen LogP contribution in [0.25, 0.3) is 77.6 Å². The Balaban J connectivity index is 0.906. The van der Waals surface area contributed by atoms with E-state index in [0.717, 1.165) is 71.0 Å². The van der Waals surface area contributed by atoms with E-state index >= 15 is 0 Å². The van der Waals surface area contributed by atoms with Gasteiger partial charge in [-0.25, -0.2) is 0 Å². The van der Waals surface area contributed by atoms with E-state index in [1.807, 2.05) is 30.3 Å². The topological polar surface area (TPSA) is 40.1 Å². The van der Waals surface area contributed by atoms with Gasteiger partial charge in [0.05, 0.1) is 0 Å². The second-order valence-electron chi connectivity index (χ2n) is 16.9. The van der Waals surface area contributed by atoms with E-state index in [1.54, 1.807) is 0 Å². The first kappa shape index (κ1) is 40.1. The molecule has 0 N–H and O–H groups in total. The molecule has 9 aromatic carbocycles. The molecule has 6 nitrogen and oxygen atoms in total. The van der Waals surface area contributed by atoms with E-state index in [9.17, 15) is 0 Å². The van der Waals surface area contributed by atoms with Crippen LogP contribution >= 0.6 is 0 Å².